The first-order valence-corrected chi connectivity index (χ1v) is 9.69. The van der Waals surface area contributed by atoms with Crippen molar-refractivity contribution in [3.05, 3.63) is 70.5 Å². The van der Waals surface area contributed by atoms with E-state index in [1.54, 1.807) is 24.4 Å². The molecular formula is C22H18F2N4O4. The number of ether oxygens (including phenoxy) is 1. The highest BCUT2D eigenvalue weighted by Crippen LogP contribution is 2.30. The number of nitrogens with one attached hydrogen (secondary N) is 2. The van der Waals surface area contributed by atoms with E-state index >= 15 is 0 Å². The summed E-state index contributed by atoms with van der Waals surface area (Å²) in [6.45, 7) is 1.43. The highest BCUT2D eigenvalue weighted by molar-refractivity contribution is 5.90. The van der Waals surface area contributed by atoms with Crippen molar-refractivity contribution in [1.29, 1.82) is 0 Å². The van der Waals surface area contributed by atoms with Gasteiger partial charge in [-0.1, -0.05) is 6.07 Å². The van der Waals surface area contributed by atoms with Crippen molar-refractivity contribution < 1.29 is 23.1 Å². The smallest absolute Gasteiger partial charge is 0.414 e. The van der Waals surface area contributed by atoms with E-state index in [1.807, 2.05) is 0 Å². The highest BCUT2D eigenvalue weighted by atomic mass is 19.1. The summed E-state index contributed by atoms with van der Waals surface area (Å²) in [5.41, 5.74) is -0.534. The van der Waals surface area contributed by atoms with Gasteiger partial charge in [0.05, 0.1) is 30.0 Å². The molecule has 32 heavy (non-hydrogen) atoms. The predicted molar refractivity (Wildman–Crippen MR) is 114 cm³/mol. The molecule has 0 spiro atoms. The van der Waals surface area contributed by atoms with E-state index in [9.17, 15) is 23.2 Å². The molecule has 0 saturated carbocycles. The van der Waals surface area contributed by atoms with Crippen LogP contribution in [0.2, 0.25) is 0 Å². The van der Waals surface area contributed by atoms with Crippen LogP contribution in [0.4, 0.5) is 30.6 Å². The van der Waals surface area contributed by atoms with Crippen molar-refractivity contribution in [1.82, 2.24) is 10.3 Å². The predicted octanol–water partition coefficient (Wildman–Crippen LogP) is 3.08. The molecule has 1 fully saturated rings. The van der Waals surface area contributed by atoms with Crippen LogP contribution in [0.5, 0.6) is 0 Å². The number of carbonyl (C=O) groups is 2. The molecule has 0 aliphatic carbocycles. The average Bonchev–Trinajstić information content (AvgIpc) is 3.04. The van der Waals surface area contributed by atoms with Crippen molar-refractivity contribution in [2.75, 3.05) is 23.3 Å². The number of cyclic esters (lactones) is 1. The molecule has 3 aromatic rings. The Kier molecular flexibility index (Phi) is 5.67. The number of amides is 2. The number of anilines is 3. The lowest BCUT2D eigenvalue weighted by Gasteiger charge is -2.15. The molecule has 164 valence electrons. The zero-order chi connectivity index (χ0) is 22.8. The zero-order valence-electron chi connectivity index (χ0n) is 16.9. The molecule has 1 aromatic heterocycles. The SMILES string of the molecule is CC(=O)NC[C@H]1CN(c2cc(F)c(Nc3ccc4ncccc4cc3=O)c(F)c2)C(=O)O1. The van der Waals surface area contributed by atoms with Gasteiger partial charge in [-0.3, -0.25) is 19.5 Å². The van der Waals surface area contributed by atoms with Crippen LogP contribution in [0.3, 0.4) is 0 Å². The van der Waals surface area contributed by atoms with Gasteiger partial charge in [0.15, 0.2) is 11.6 Å². The summed E-state index contributed by atoms with van der Waals surface area (Å²) in [5.74, 6) is -2.28. The van der Waals surface area contributed by atoms with Gasteiger partial charge in [0, 0.05) is 30.6 Å². The number of hydrogen-bond acceptors (Lipinski definition) is 6. The van der Waals surface area contributed by atoms with Gasteiger partial charge in [0.1, 0.15) is 11.8 Å². The first-order chi connectivity index (χ1) is 15.3. The Labute approximate surface area is 180 Å². The molecule has 1 atom stereocenters. The first kappa shape index (κ1) is 21.2. The molecule has 1 aliphatic heterocycles. The second-order valence-electron chi connectivity index (χ2n) is 7.20. The molecule has 10 heteroatoms. The van der Waals surface area contributed by atoms with Gasteiger partial charge in [0.25, 0.3) is 0 Å². The van der Waals surface area contributed by atoms with Gasteiger partial charge in [-0.2, -0.15) is 0 Å². The number of halogens is 2. The number of aromatic nitrogens is 1. The van der Waals surface area contributed by atoms with Crippen LogP contribution in [0, 0.1) is 11.6 Å². The van der Waals surface area contributed by atoms with Crippen LogP contribution >= 0.6 is 0 Å². The molecule has 2 N–H and O–H groups in total. The summed E-state index contributed by atoms with van der Waals surface area (Å²) in [7, 11) is 0. The van der Waals surface area contributed by atoms with Crippen molar-refractivity contribution >= 4 is 40.0 Å². The van der Waals surface area contributed by atoms with Crippen molar-refractivity contribution in [3.63, 3.8) is 0 Å². The average molecular weight is 440 g/mol. The van der Waals surface area contributed by atoms with E-state index in [1.165, 1.54) is 19.1 Å². The van der Waals surface area contributed by atoms with Gasteiger partial charge in [-0.05, 0) is 24.3 Å². The molecular weight excluding hydrogens is 422 g/mol. The quantitative estimate of drug-likeness (QED) is 0.633. The summed E-state index contributed by atoms with van der Waals surface area (Å²) in [6, 6.07) is 9.62. The molecule has 2 heterocycles. The Hall–Kier alpha value is -4.08. The number of carbonyl (C=O) groups excluding carboxylic acids is 2. The maximum atomic E-state index is 14.8. The Morgan fingerprint density at radius 2 is 1.94 bits per heavy atom. The van der Waals surface area contributed by atoms with Crippen LogP contribution in [-0.4, -0.2) is 36.2 Å². The van der Waals surface area contributed by atoms with E-state index < -0.39 is 34.9 Å². The third kappa shape index (κ3) is 4.34. The van der Waals surface area contributed by atoms with Crippen molar-refractivity contribution in [3.8, 4) is 0 Å². The molecule has 8 nitrogen and oxygen atoms in total. The Morgan fingerprint density at radius 1 is 1.19 bits per heavy atom. The van der Waals surface area contributed by atoms with Crippen LogP contribution in [0.1, 0.15) is 6.92 Å². The number of hydrogen-bond donors (Lipinski definition) is 2. The van der Waals surface area contributed by atoms with Crippen LogP contribution in [-0.2, 0) is 9.53 Å². The lowest BCUT2D eigenvalue weighted by Crippen LogP contribution is -2.33. The normalized spacial score (nSPS) is 15.5. The third-order valence-electron chi connectivity index (χ3n) is 4.88. The maximum Gasteiger partial charge on any atom is 0.414 e. The summed E-state index contributed by atoms with van der Waals surface area (Å²) in [4.78, 5) is 40.8. The van der Waals surface area contributed by atoms with Gasteiger partial charge in [0.2, 0.25) is 11.3 Å². The van der Waals surface area contributed by atoms with E-state index in [4.69, 9.17) is 4.74 Å². The summed E-state index contributed by atoms with van der Waals surface area (Å²) in [5, 5.41) is 5.61. The molecule has 0 unspecified atom stereocenters. The Bertz CT molecular complexity index is 1260. The molecule has 1 aliphatic rings. The molecule has 2 aromatic carbocycles. The lowest BCUT2D eigenvalue weighted by atomic mass is 10.2. The Balaban J connectivity index is 1.60. The van der Waals surface area contributed by atoms with E-state index in [0.29, 0.717) is 10.9 Å². The number of benzene rings is 1. The molecule has 2 amide bonds. The fourth-order valence-corrected chi connectivity index (χ4v) is 3.32. The molecule has 0 bridgehead atoms. The summed E-state index contributed by atoms with van der Waals surface area (Å²) < 4.78 is 34.7. The fourth-order valence-electron chi connectivity index (χ4n) is 3.32. The standard InChI is InChI=1S/C22H18F2N4O4/c1-12(29)26-10-15-11-28(22(31)32-15)14-8-16(23)21(17(24)9-14)27-19-5-4-18-13(7-20(19)30)3-2-6-25-18/h2-9,15H,10-11H2,1H3,(H,26,29)(H,27,30)/t15-/m0/s1. The van der Waals surface area contributed by atoms with Crippen molar-refractivity contribution in [2.24, 2.45) is 0 Å². The first-order valence-electron chi connectivity index (χ1n) is 9.69. The van der Waals surface area contributed by atoms with Crippen LogP contribution in [0.15, 0.2) is 53.5 Å². The molecule has 1 saturated heterocycles. The zero-order valence-corrected chi connectivity index (χ0v) is 16.9. The van der Waals surface area contributed by atoms with Gasteiger partial charge < -0.3 is 15.4 Å². The highest BCUT2D eigenvalue weighted by Gasteiger charge is 2.33. The van der Waals surface area contributed by atoms with E-state index in [0.717, 1.165) is 17.0 Å². The number of pyridine rings is 1. The monoisotopic (exact) mass is 440 g/mol. The second-order valence-corrected chi connectivity index (χ2v) is 7.20. The summed E-state index contributed by atoms with van der Waals surface area (Å²) in [6.07, 6.45) is 0.142. The van der Waals surface area contributed by atoms with E-state index in [-0.39, 0.29) is 30.4 Å². The van der Waals surface area contributed by atoms with Crippen LogP contribution in [0.25, 0.3) is 10.9 Å². The number of rotatable bonds is 5. The molecule has 0 radical (unpaired) electrons. The maximum absolute atomic E-state index is 14.8. The van der Waals surface area contributed by atoms with E-state index in [2.05, 4.69) is 15.6 Å². The van der Waals surface area contributed by atoms with Gasteiger partial charge in [-0.25, -0.2) is 13.6 Å². The minimum absolute atomic E-state index is 0.0174. The largest absolute Gasteiger partial charge is 0.442 e. The summed E-state index contributed by atoms with van der Waals surface area (Å²) >= 11 is 0. The number of fused-ring (bicyclic) bond motifs is 1. The minimum atomic E-state index is -0.994. The van der Waals surface area contributed by atoms with Gasteiger partial charge >= 0.3 is 6.09 Å². The van der Waals surface area contributed by atoms with Gasteiger partial charge in [-0.15, -0.1) is 0 Å². The Morgan fingerprint density at radius 3 is 2.66 bits per heavy atom. The minimum Gasteiger partial charge on any atom is -0.442 e. The van der Waals surface area contributed by atoms with Crippen molar-refractivity contribution in [2.45, 2.75) is 13.0 Å². The second kappa shape index (κ2) is 8.58. The fraction of sp³-hybridized carbons (Fsp3) is 0.182. The topological polar surface area (TPSA) is 101 Å². The van der Waals surface area contributed by atoms with Crippen LogP contribution < -0.4 is 21.0 Å². The number of nitrogens with zero attached hydrogens (tertiary/aromatic N) is 2. The third-order valence-corrected chi connectivity index (χ3v) is 4.88. The lowest BCUT2D eigenvalue weighted by molar-refractivity contribution is -0.119. The molecule has 4 rings (SSSR count).